The summed E-state index contributed by atoms with van der Waals surface area (Å²) < 4.78 is 4.75. The van der Waals surface area contributed by atoms with E-state index in [9.17, 15) is 9.59 Å². The average molecular weight is 338 g/mol. The van der Waals surface area contributed by atoms with E-state index in [1.807, 2.05) is 52.3 Å². The number of esters is 1. The molecule has 25 heavy (non-hydrogen) atoms. The minimum absolute atomic E-state index is 0.0276. The van der Waals surface area contributed by atoms with Crippen LogP contribution in [0.3, 0.4) is 0 Å². The number of benzene rings is 2. The van der Waals surface area contributed by atoms with Gasteiger partial charge in [0.15, 0.2) is 0 Å². The molecule has 1 aliphatic rings. The van der Waals surface area contributed by atoms with Crippen molar-refractivity contribution in [2.24, 2.45) is 0 Å². The van der Waals surface area contributed by atoms with Gasteiger partial charge in [-0.05, 0) is 30.2 Å². The lowest BCUT2D eigenvalue weighted by Gasteiger charge is -2.25. The molecule has 1 heterocycles. The van der Waals surface area contributed by atoms with Crippen molar-refractivity contribution in [2.45, 2.75) is 19.5 Å². The van der Waals surface area contributed by atoms with Crippen molar-refractivity contribution in [3.05, 3.63) is 71.3 Å². The summed E-state index contributed by atoms with van der Waals surface area (Å²) in [5, 5.41) is 0. The molecule has 2 aromatic rings. The highest BCUT2D eigenvalue weighted by atomic mass is 16.5. The second kappa shape index (κ2) is 7.38. The van der Waals surface area contributed by atoms with Crippen LogP contribution in [0, 0.1) is 0 Å². The van der Waals surface area contributed by atoms with Gasteiger partial charge >= 0.3 is 12.0 Å². The van der Waals surface area contributed by atoms with Gasteiger partial charge in [-0.15, -0.1) is 0 Å². The van der Waals surface area contributed by atoms with Crippen LogP contribution in [0.2, 0.25) is 0 Å². The van der Waals surface area contributed by atoms with Crippen molar-refractivity contribution in [1.29, 1.82) is 0 Å². The van der Waals surface area contributed by atoms with E-state index in [0.717, 1.165) is 11.1 Å². The van der Waals surface area contributed by atoms with E-state index >= 15 is 0 Å². The molecule has 0 N–H and O–H groups in total. The molecule has 0 radical (unpaired) electrons. The van der Waals surface area contributed by atoms with Crippen molar-refractivity contribution in [2.75, 3.05) is 20.2 Å². The SMILES string of the molecule is COC(=O)c1cccc(CN2CCN([C@@H](C)c3ccccc3)C2=O)c1. The number of carbonyl (C=O) groups is 2. The van der Waals surface area contributed by atoms with Gasteiger partial charge in [0.2, 0.25) is 0 Å². The van der Waals surface area contributed by atoms with Gasteiger partial charge in [0.1, 0.15) is 0 Å². The molecule has 1 saturated heterocycles. The number of carbonyl (C=O) groups excluding carboxylic acids is 2. The lowest BCUT2D eigenvalue weighted by molar-refractivity contribution is 0.0600. The minimum atomic E-state index is -0.367. The fourth-order valence-electron chi connectivity index (χ4n) is 3.15. The van der Waals surface area contributed by atoms with Crippen LogP contribution in [0.25, 0.3) is 0 Å². The molecule has 3 rings (SSSR count). The largest absolute Gasteiger partial charge is 0.465 e. The molecule has 0 unspecified atom stereocenters. The Labute approximate surface area is 147 Å². The maximum Gasteiger partial charge on any atom is 0.337 e. The number of amides is 2. The van der Waals surface area contributed by atoms with Crippen LogP contribution >= 0.6 is 0 Å². The number of ether oxygens (including phenoxy) is 1. The molecular weight excluding hydrogens is 316 g/mol. The van der Waals surface area contributed by atoms with Crippen molar-refractivity contribution < 1.29 is 14.3 Å². The minimum Gasteiger partial charge on any atom is -0.465 e. The third-order valence-corrected chi connectivity index (χ3v) is 4.60. The molecular formula is C20H22N2O3. The maximum atomic E-state index is 12.8. The summed E-state index contributed by atoms with van der Waals surface area (Å²) in [5.74, 6) is -0.367. The topological polar surface area (TPSA) is 49.9 Å². The molecule has 1 aliphatic heterocycles. The van der Waals surface area contributed by atoms with Crippen LogP contribution in [-0.2, 0) is 11.3 Å². The van der Waals surface area contributed by atoms with Gasteiger partial charge in [0.25, 0.3) is 0 Å². The van der Waals surface area contributed by atoms with Crippen molar-refractivity contribution >= 4 is 12.0 Å². The van der Waals surface area contributed by atoms with Crippen LogP contribution in [0.15, 0.2) is 54.6 Å². The van der Waals surface area contributed by atoms with Crippen molar-refractivity contribution in [3.8, 4) is 0 Å². The summed E-state index contributed by atoms with van der Waals surface area (Å²) in [6.45, 7) is 3.92. The van der Waals surface area contributed by atoms with Gasteiger partial charge in [-0.3, -0.25) is 0 Å². The number of nitrogens with zero attached hydrogens (tertiary/aromatic N) is 2. The second-order valence-corrected chi connectivity index (χ2v) is 6.18. The Hall–Kier alpha value is -2.82. The van der Waals surface area contributed by atoms with E-state index in [-0.39, 0.29) is 18.0 Å². The normalized spacial score (nSPS) is 15.4. The molecule has 0 aromatic heterocycles. The number of hydrogen-bond donors (Lipinski definition) is 0. The zero-order chi connectivity index (χ0) is 17.8. The van der Waals surface area contributed by atoms with Gasteiger partial charge < -0.3 is 14.5 Å². The van der Waals surface area contributed by atoms with Crippen molar-refractivity contribution in [1.82, 2.24) is 9.80 Å². The number of urea groups is 1. The average Bonchev–Trinajstić information content (AvgIpc) is 3.02. The van der Waals surface area contributed by atoms with Crippen LogP contribution in [-0.4, -0.2) is 42.0 Å². The first kappa shape index (κ1) is 17.0. The number of rotatable bonds is 5. The zero-order valence-corrected chi connectivity index (χ0v) is 14.5. The Kier molecular flexibility index (Phi) is 5.03. The highest BCUT2D eigenvalue weighted by molar-refractivity contribution is 5.89. The van der Waals surface area contributed by atoms with Crippen molar-refractivity contribution in [3.63, 3.8) is 0 Å². The molecule has 130 valence electrons. The Bertz CT molecular complexity index is 761. The highest BCUT2D eigenvalue weighted by Gasteiger charge is 2.32. The Morgan fingerprint density at radius 1 is 1.12 bits per heavy atom. The van der Waals surface area contributed by atoms with Gasteiger partial charge in [-0.1, -0.05) is 42.5 Å². The third-order valence-electron chi connectivity index (χ3n) is 4.60. The first-order chi connectivity index (χ1) is 12.1. The van der Waals surface area contributed by atoms with Crippen LogP contribution in [0.1, 0.15) is 34.5 Å². The lowest BCUT2D eigenvalue weighted by Crippen LogP contribution is -2.33. The molecule has 2 aromatic carbocycles. The summed E-state index contributed by atoms with van der Waals surface area (Å²) in [6.07, 6.45) is 0. The van der Waals surface area contributed by atoms with Gasteiger partial charge in [0, 0.05) is 19.6 Å². The van der Waals surface area contributed by atoms with Gasteiger partial charge in [0.05, 0.1) is 18.7 Å². The lowest BCUT2D eigenvalue weighted by atomic mass is 10.1. The Morgan fingerprint density at radius 2 is 1.88 bits per heavy atom. The summed E-state index contributed by atoms with van der Waals surface area (Å²) >= 11 is 0. The molecule has 0 bridgehead atoms. The van der Waals surface area contributed by atoms with Crippen LogP contribution < -0.4 is 0 Å². The van der Waals surface area contributed by atoms with Crippen LogP contribution in [0.5, 0.6) is 0 Å². The smallest absolute Gasteiger partial charge is 0.337 e. The fourth-order valence-corrected chi connectivity index (χ4v) is 3.15. The van der Waals surface area contributed by atoms with Gasteiger partial charge in [-0.2, -0.15) is 0 Å². The molecule has 0 spiro atoms. The summed E-state index contributed by atoms with van der Waals surface area (Å²) in [7, 11) is 1.36. The van der Waals surface area contributed by atoms with E-state index < -0.39 is 0 Å². The third kappa shape index (κ3) is 3.65. The first-order valence-electron chi connectivity index (χ1n) is 8.38. The Balaban J connectivity index is 1.69. The maximum absolute atomic E-state index is 12.8. The number of methoxy groups -OCH3 is 1. The molecule has 1 fully saturated rings. The predicted molar refractivity (Wildman–Crippen MR) is 95.2 cm³/mol. The predicted octanol–water partition coefficient (Wildman–Crippen LogP) is 3.47. The highest BCUT2D eigenvalue weighted by Crippen LogP contribution is 2.25. The molecule has 5 nitrogen and oxygen atoms in total. The summed E-state index contributed by atoms with van der Waals surface area (Å²) in [6, 6.07) is 17.3. The second-order valence-electron chi connectivity index (χ2n) is 6.18. The molecule has 2 amide bonds. The molecule has 5 heteroatoms. The monoisotopic (exact) mass is 338 g/mol. The van der Waals surface area contributed by atoms with Crippen LogP contribution in [0.4, 0.5) is 4.79 Å². The summed E-state index contributed by atoms with van der Waals surface area (Å²) in [4.78, 5) is 28.1. The quantitative estimate of drug-likeness (QED) is 0.784. The van der Waals surface area contributed by atoms with E-state index in [0.29, 0.717) is 25.2 Å². The fraction of sp³-hybridized carbons (Fsp3) is 0.300. The molecule has 1 atom stereocenters. The zero-order valence-electron chi connectivity index (χ0n) is 14.5. The van der Waals surface area contributed by atoms with E-state index in [1.165, 1.54) is 7.11 Å². The first-order valence-corrected chi connectivity index (χ1v) is 8.38. The summed E-state index contributed by atoms with van der Waals surface area (Å²) in [5.41, 5.74) is 2.55. The van der Waals surface area contributed by atoms with E-state index in [2.05, 4.69) is 6.92 Å². The molecule has 0 aliphatic carbocycles. The standard InChI is InChI=1S/C20H22N2O3/c1-15(17-8-4-3-5-9-17)22-12-11-21(20(22)24)14-16-7-6-10-18(13-16)19(23)25-2/h3-10,13,15H,11-12,14H2,1-2H3/t15-/m0/s1. The van der Waals surface area contributed by atoms with Gasteiger partial charge in [-0.25, -0.2) is 9.59 Å². The Morgan fingerprint density at radius 3 is 2.60 bits per heavy atom. The van der Waals surface area contributed by atoms with E-state index in [1.54, 1.807) is 12.1 Å². The molecule has 0 saturated carbocycles. The number of hydrogen-bond acceptors (Lipinski definition) is 3. The van der Waals surface area contributed by atoms with E-state index in [4.69, 9.17) is 4.74 Å².